The molecule has 5 heteroatoms. The molecule has 0 aliphatic carbocycles. The third-order valence-corrected chi connectivity index (χ3v) is 3.69. The van der Waals surface area contributed by atoms with Crippen molar-refractivity contribution in [1.82, 2.24) is 10.2 Å². The van der Waals surface area contributed by atoms with Crippen LogP contribution in [0.4, 0.5) is 0 Å². The number of hydrogen-bond donors (Lipinski definition) is 1. The van der Waals surface area contributed by atoms with Crippen LogP contribution in [0.15, 0.2) is 12.1 Å². The Kier molecular flexibility index (Phi) is 8.31. The Labute approximate surface area is 132 Å². The van der Waals surface area contributed by atoms with Gasteiger partial charge in [0.25, 0.3) is 0 Å². The van der Waals surface area contributed by atoms with Crippen LogP contribution in [0.3, 0.4) is 0 Å². The Morgan fingerprint density at radius 2 is 1.85 bits per heavy atom. The van der Waals surface area contributed by atoms with Gasteiger partial charge >= 0.3 is 0 Å². The van der Waals surface area contributed by atoms with E-state index in [2.05, 4.69) is 24.1 Å². The van der Waals surface area contributed by atoms with Crippen molar-refractivity contribution in [2.24, 2.45) is 0 Å². The zero-order chi connectivity index (χ0) is 15.0. The molecular formula is C15H24Cl2N2O. The Morgan fingerprint density at radius 3 is 2.45 bits per heavy atom. The summed E-state index contributed by atoms with van der Waals surface area (Å²) < 4.78 is 5.60. The van der Waals surface area contributed by atoms with Crippen molar-refractivity contribution in [1.29, 1.82) is 0 Å². The van der Waals surface area contributed by atoms with Gasteiger partial charge in [0.2, 0.25) is 0 Å². The number of nitrogens with zero attached hydrogens (tertiary/aromatic N) is 1. The first-order chi connectivity index (χ1) is 9.62. The molecule has 0 bridgehead atoms. The van der Waals surface area contributed by atoms with Gasteiger partial charge in [-0.2, -0.15) is 0 Å². The topological polar surface area (TPSA) is 24.5 Å². The van der Waals surface area contributed by atoms with Crippen molar-refractivity contribution < 1.29 is 4.74 Å². The van der Waals surface area contributed by atoms with Gasteiger partial charge in [0.1, 0.15) is 5.75 Å². The molecule has 1 aromatic carbocycles. The Hall–Kier alpha value is -0.480. The van der Waals surface area contributed by atoms with Crippen LogP contribution in [0.1, 0.15) is 26.3 Å². The van der Waals surface area contributed by atoms with Crippen LogP contribution in [-0.4, -0.2) is 37.7 Å². The number of hydrogen-bond acceptors (Lipinski definition) is 3. The standard InChI is InChI=1S/C15H24Cl2N2O/c1-4-19(5-2)8-7-18-11-12-9-13(16)10-14(17)15(12)20-6-3/h9-10,18H,4-8,11H2,1-3H3. The number of likely N-dealkylation sites (N-methyl/N-ethyl adjacent to an activating group) is 1. The molecule has 0 radical (unpaired) electrons. The lowest BCUT2D eigenvalue weighted by Crippen LogP contribution is -2.31. The molecule has 3 nitrogen and oxygen atoms in total. The number of halogens is 2. The summed E-state index contributed by atoms with van der Waals surface area (Å²) in [6.45, 7) is 11.7. The van der Waals surface area contributed by atoms with Crippen molar-refractivity contribution in [2.75, 3.05) is 32.8 Å². The average Bonchev–Trinajstić information content (AvgIpc) is 2.42. The lowest BCUT2D eigenvalue weighted by Gasteiger charge is -2.18. The van der Waals surface area contributed by atoms with Crippen molar-refractivity contribution >= 4 is 23.2 Å². The average molecular weight is 319 g/mol. The zero-order valence-electron chi connectivity index (χ0n) is 12.5. The van der Waals surface area contributed by atoms with Gasteiger partial charge in [-0.15, -0.1) is 0 Å². The van der Waals surface area contributed by atoms with E-state index in [0.717, 1.165) is 37.5 Å². The number of rotatable bonds is 9. The second kappa shape index (κ2) is 9.46. The molecule has 0 heterocycles. The largest absolute Gasteiger partial charge is 0.492 e. The van der Waals surface area contributed by atoms with E-state index in [1.54, 1.807) is 6.07 Å². The summed E-state index contributed by atoms with van der Waals surface area (Å²) in [6, 6.07) is 3.62. The fraction of sp³-hybridized carbons (Fsp3) is 0.600. The third kappa shape index (κ3) is 5.49. The van der Waals surface area contributed by atoms with E-state index in [1.165, 1.54) is 0 Å². The Morgan fingerprint density at radius 1 is 1.15 bits per heavy atom. The van der Waals surface area contributed by atoms with E-state index in [1.807, 2.05) is 13.0 Å². The molecule has 0 saturated carbocycles. The Balaban J connectivity index is 2.58. The van der Waals surface area contributed by atoms with Gasteiger partial charge in [0.05, 0.1) is 11.6 Å². The van der Waals surface area contributed by atoms with E-state index in [9.17, 15) is 0 Å². The summed E-state index contributed by atoms with van der Waals surface area (Å²) in [5.74, 6) is 0.730. The monoisotopic (exact) mass is 318 g/mol. The minimum atomic E-state index is 0.569. The summed E-state index contributed by atoms with van der Waals surface area (Å²) in [7, 11) is 0. The maximum atomic E-state index is 6.18. The molecule has 1 N–H and O–H groups in total. The molecule has 1 rings (SSSR count). The van der Waals surface area contributed by atoms with E-state index >= 15 is 0 Å². The minimum absolute atomic E-state index is 0.569. The molecule has 0 spiro atoms. The molecule has 1 aromatic rings. The van der Waals surface area contributed by atoms with Crippen LogP contribution in [0.25, 0.3) is 0 Å². The molecule has 0 aliphatic rings. The molecule has 20 heavy (non-hydrogen) atoms. The Bertz CT molecular complexity index is 409. The fourth-order valence-corrected chi connectivity index (χ4v) is 2.64. The van der Waals surface area contributed by atoms with Crippen molar-refractivity contribution in [3.05, 3.63) is 27.7 Å². The number of nitrogens with one attached hydrogen (secondary N) is 1. The van der Waals surface area contributed by atoms with Crippen LogP contribution in [0.2, 0.25) is 10.0 Å². The molecular weight excluding hydrogens is 295 g/mol. The zero-order valence-corrected chi connectivity index (χ0v) is 14.0. The SMILES string of the molecule is CCOc1c(Cl)cc(Cl)cc1CNCCN(CC)CC. The lowest BCUT2D eigenvalue weighted by molar-refractivity contribution is 0.301. The molecule has 114 valence electrons. The second-order valence-corrected chi connectivity index (χ2v) is 5.36. The fourth-order valence-electron chi connectivity index (χ4n) is 2.05. The first-order valence-electron chi connectivity index (χ1n) is 7.16. The van der Waals surface area contributed by atoms with Gasteiger partial charge in [0, 0.05) is 30.2 Å². The van der Waals surface area contributed by atoms with Crippen molar-refractivity contribution in [3.8, 4) is 5.75 Å². The molecule has 0 amide bonds. The minimum Gasteiger partial charge on any atom is -0.492 e. The molecule has 0 saturated heterocycles. The third-order valence-electron chi connectivity index (χ3n) is 3.19. The summed E-state index contributed by atoms with van der Waals surface area (Å²) in [6.07, 6.45) is 0. The maximum Gasteiger partial charge on any atom is 0.142 e. The van der Waals surface area contributed by atoms with Gasteiger partial charge in [-0.3, -0.25) is 0 Å². The highest BCUT2D eigenvalue weighted by molar-refractivity contribution is 6.35. The molecule has 0 fully saturated rings. The highest BCUT2D eigenvalue weighted by Gasteiger charge is 2.10. The summed E-state index contributed by atoms with van der Waals surface area (Å²) in [4.78, 5) is 2.38. The predicted octanol–water partition coefficient (Wildman–Crippen LogP) is 3.82. The first-order valence-corrected chi connectivity index (χ1v) is 7.91. The van der Waals surface area contributed by atoms with Gasteiger partial charge in [-0.1, -0.05) is 37.0 Å². The lowest BCUT2D eigenvalue weighted by atomic mass is 10.2. The number of benzene rings is 1. The molecule has 0 unspecified atom stereocenters. The summed E-state index contributed by atoms with van der Waals surface area (Å²) >= 11 is 12.2. The van der Waals surface area contributed by atoms with Gasteiger partial charge in [-0.05, 0) is 32.1 Å². The quantitative estimate of drug-likeness (QED) is 0.700. The van der Waals surface area contributed by atoms with Gasteiger partial charge < -0.3 is 15.0 Å². The van der Waals surface area contributed by atoms with Crippen molar-refractivity contribution in [2.45, 2.75) is 27.3 Å². The van der Waals surface area contributed by atoms with Crippen LogP contribution < -0.4 is 10.1 Å². The van der Waals surface area contributed by atoms with E-state index < -0.39 is 0 Å². The van der Waals surface area contributed by atoms with Crippen LogP contribution >= 0.6 is 23.2 Å². The van der Waals surface area contributed by atoms with E-state index in [4.69, 9.17) is 27.9 Å². The van der Waals surface area contributed by atoms with E-state index in [0.29, 0.717) is 23.2 Å². The smallest absolute Gasteiger partial charge is 0.142 e. The second-order valence-electron chi connectivity index (χ2n) is 4.51. The van der Waals surface area contributed by atoms with Crippen LogP contribution in [-0.2, 0) is 6.54 Å². The van der Waals surface area contributed by atoms with Gasteiger partial charge in [0.15, 0.2) is 0 Å². The first kappa shape index (κ1) is 17.6. The number of ether oxygens (including phenoxy) is 1. The summed E-state index contributed by atoms with van der Waals surface area (Å²) in [5.41, 5.74) is 1.00. The predicted molar refractivity (Wildman–Crippen MR) is 87.1 cm³/mol. The molecule has 0 aliphatic heterocycles. The van der Waals surface area contributed by atoms with Crippen molar-refractivity contribution in [3.63, 3.8) is 0 Å². The van der Waals surface area contributed by atoms with Crippen LogP contribution in [0.5, 0.6) is 5.75 Å². The van der Waals surface area contributed by atoms with E-state index in [-0.39, 0.29) is 0 Å². The highest BCUT2D eigenvalue weighted by atomic mass is 35.5. The summed E-state index contributed by atoms with van der Waals surface area (Å²) in [5, 5.41) is 4.62. The molecule has 0 atom stereocenters. The normalized spacial score (nSPS) is 11.1. The molecule has 0 aromatic heterocycles. The maximum absolute atomic E-state index is 6.18. The van der Waals surface area contributed by atoms with Crippen LogP contribution in [0, 0.1) is 0 Å². The van der Waals surface area contributed by atoms with Gasteiger partial charge in [-0.25, -0.2) is 0 Å². The highest BCUT2D eigenvalue weighted by Crippen LogP contribution is 2.32.